The van der Waals surface area contributed by atoms with Crippen molar-refractivity contribution in [2.24, 2.45) is 0 Å². The number of phenolic OH excluding ortho intramolecular Hbond substituents is 1. The molecule has 14 heavy (non-hydrogen) atoms. The van der Waals surface area contributed by atoms with Gasteiger partial charge in [-0.05, 0) is 17.7 Å². The first-order valence-corrected chi connectivity index (χ1v) is 4.45. The van der Waals surface area contributed by atoms with Crippen LogP contribution in [0.1, 0.15) is 5.56 Å². The van der Waals surface area contributed by atoms with E-state index in [9.17, 15) is 5.11 Å². The molecule has 0 unspecified atom stereocenters. The Bertz CT molecular complexity index is 428. The number of phenols is 1. The number of benzene rings is 1. The smallest absolute Gasteiger partial charge is 0.134 e. The Kier molecular flexibility index (Phi) is 2.37. The van der Waals surface area contributed by atoms with Crippen molar-refractivity contribution >= 4 is 11.6 Å². The predicted octanol–water partition coefficient (Wildman–Crippen LogP) is 1.69. The van der Waals surface area contributed by atoms with Crippen LogP contribution < -0.4 is 0 Å². The molecule has 1 aromatic heterocycles. The van der Waals surface area contributed by atoms with Crippen molar-refractivity contribution in [2.45, 2.75) is 6.54 Å². The summed E-state index contributed by atoms with van der Waals surface area (Å²) in [6.45, 7) is 0.549. The average molecular weight is 210 g/mol. The number of hydrogen-bond donors (Lipinski definition) is 1. The Morgan fingerprint density at radius 3 is 2.64 bits per heavy atom. The topological polar surface area (TPSA) is 50.9 Å². The van der Waals surface area contributed by atoms with Crippen LogP contribution in [0, 0.1) is 0 Å². The van der Waals surface area contributed by atoms with Gasteiger partial charge in [-0.25, -0.2) is 0 Å². The third kappa shape index (κ3) is 1.85. The minimum absolute atomic E-state index is 0.0869. The molecule has 5 heteroatoms. The average Bonchev–Trinajstić information content (AvgIpc) is 2.64. The standard InChI is InChI=1S/C9H8ClN3O/c10-8-5-7(1-2-9(8)14)6-13-11-3-4-12-13/h1-5,14H,6H2. The molecule has 0 saturated heterocycles. The molecule has 1 heterocycles. The summed E-state index contributed by atoms with van der Waals surface area (Å²) in [4.78, 5) is 1.54. The lowest BCUT2D eigenvalue weighted by molar-refractivity contribution is 0.475. The van der Waals surface area contributed by atoms with Gasteiger partial charge in [-0.15, -0.1) is 0 Å². The molecule has 0 saturated carbocycles. The van der Waals surface area contributed by atoms with E-state index in [2.05, 4.69) is 10.2 Å². The summed E-state index contributed by atoms with van der Waals surface area (Å²) >= 11 is 5.75. The van der Waals surface area contributed by atoms with Crippen LogP contribution in [0.4, 0.5) is 0 Å². The summed E-state index contributed by atoms with van der Waals surface area (Å²) in [6, 6.07) is 5.03. The van der Waals surface area contributed by atoms with Crippen molar-refractivity contribution < 1.29 is 5.11 Å². The van der Waals surface area contributed by atoms with Crippen LogP contribution in [0.2, 0.25) is 5.02 Å². The second-order valence-electron chi connectivity index (χ2n) is 2.85. The van der Waals surface area contributed by atoms with Gasteiger partial charge in [0, 0.05) is 0 Å². The van der Waals surface area contributed by atoms with Gasteiger partial charge in [-0.2, -0.15) is 15.0 Å². The second-order valence-corrected chi connectivity index (χ2v) is 3.25. The van der Waals surface area contributed by atoms with E-state index in [-0.39, 0.29) is 5.75 Å². The Labute approximate surface area is 85.7 Å². The highest BCUT2D eigenvalue weighted by atomic mass is 35.5. The highest BCUT2D eigenvalue weighted by molar-refractivity contribution is 6.32. The molecule has 1 aromatic carbocycles. The van der Waals surface area contributed by atoms with E-state index in [0.717, 1.165) is 5.56 Å². The van der Waals surface area contributed by atoms with Crippen LogP contribution in [-0.2, 0) is 6.54 Å². The van der Waals surface area contributed by atoms with Gasteiger partial charge < -0.3 is 5.11 Å². The van der Waals surface area contributed by atoms with E-state index in [1.54, 1.807) is 35.4 Å². The summed E-state index contributed by atoms with van der Waals surface area (Å²) in [6.07, 6.45) is 3.23. The fraction of sp³-hybridized carbons (Fsp3) is 0.111. The van der Waals surface area contributed by atoms with Crippen LogP contribution in [0.25, 0.3) is 0 Å². The lowest BCUT2D eigenvalue weighted by Gasteiger charge is -2.02. The molecule has 0 atom stereocenters. The molecule has 0 aliphatic carbocycles. The number of aromatic hydroxyl groups is 1. The van der Waals surface area contributed by atoms with Crippen molar-refractivity contribution in [3.8, 4) is 5.75 Å². The minimum atomic E-state index is 0.0869. The zero-order chi connectivity index (χ0) is 9.97. The third-order valence-corrected chi connectivity index (χ3v) is 2.11. The molecule has 2 aromatic rings. The summed E-state index contributed by atoms with van der Waals surface area (Å²) < 4.78 is 0. The fourth-order valence-corrected chi connectivity index (χ4v) is 1.34. The van der Waals surface area contributed by atoms with Crippen LogP contribution in [0.3, 0.4) is 0 Å². The first kappa shape index (κ1) is 9.02. The summed E-state index contributed by atoms with van der Waals surface area (Å²) in [5, 5.41) is 17.5. The van der Waals surface area contributed by atoms with Crippen molar-refractivity contribution in [3.05, 3.63) is 41.2 Å². The molecule has 4 nitrogen and oxygen atoms in total. The van der Waals surface area contributed by atoms with Gasteiger partial charge >= 0.3 is 0 Å². The molecule has 2 rings (SSSR count). The second kappa shape index (κ2) is 3.67. The predicted molar refractivity (Wildman–Crippen MR) is 52.2 cm³/mol. The van der Waals surface area contributed by atoms with Crippen LogP contribution in [-0.4, -0.2) is 20.1 Å². The van der Waals surface area contributed by atoms with E-state index in [1.807, 2.05) is 0 Å². The fourth-order valence-electron chi connectivity index (χ4n) is 1.14. The number of nitrogens with zero attached hydrogens (tertiary/aromatic N) is 3. The Morgan fingerprint density at radius 1 is 1.29 bits per heavy atom. The van der Waals surface area contributed by atoms with Crippen LogP contribution in [0.5, 0.6) is 5.75 Å². The molecule has 0 aliphatic heterocycles. The number of rotatable bonds is 2. The largest absolute Gasteiger partial charge is 0.506 e. The van der Waals surface area contributed by atoms with Gasteiger partial charge in [0.25, 0.3) is 0 Å². The van der Waals surface area contributed by atoms with Crippen molar-refractivity contribution in [1.29, 1.82) is 0 Å². The van der Waals surface area contributed by atoms with Gasteiger partial charge in [-0.1, -0.05) is 17.7 Å². The Morgan fingerprint density at radius 2 is 2.00 bits per heavy atom. The Hall–Kier alpha value is -1.55. The molecule has 72 valence electrons. The number of aromatic nitrogens is 3. The SMILES string of the molecule is Oc1ccc(Cn2nccn2)cc1Cl. The van der Waals surface area contributed by atoms with E-state index in [4.69, 9.17) is 11.6 Å². The maximum absolute atomic E-state index is 9.20. The molecular weight excluding hydrogens is 202 g/mol. The van der Waals surface area contributed by atoms with Crippen LogP contribution in [0.15, 0.2) is 30.6 Å². The number of hydrogen-bond acceptors (Lipinski definition) is 3. The van der Waals surface area contributed by atoms with Gasteiger partial charge in [0.2, 0.25) is 0 Å². The highest BCUT2D eigenvalue weighted by Gasteiger charge is 2.01. The van der Waals surface area contributed by atoms with Crippen molar-refractivity contribution in [2.75, 3.05) is 0 Å². The molecule has 0 amide bonds. The summed E-state index contributed by atoms with van der Waals surface area (Å²) in [7, 11) is 0. The number of halogens is 1. The maximum Gasteiger partial charge on any atom is 0.134 e. The van der Waals surface area contributed by atoms with E-state index in [1.165, 1.54) is 0 Å². The van der Waals surface area contributed by atoms with Crippen LogP contribution >= 0.6 is 11.6 Å². The zero-order valence-electron chi connectivity index (χ0n) is 7.26. The van der Waals surface area contributed by atoms with E-state index >= 15 is 0 Å². The third-order valence-electron chi connectivity index (χ3n) is 1.80. The lowest BCUT2D eigenvalue weighted by Crippen LogP contribution is -2.03. The lowest BCUT2D eigenvalue weighted by atomic mass is 10.2. The first-order chi connectivity index (χ1) is 6.75. The normalized spacial score (nSPS) is 10.4. The minimum Gasteiger partial charge on any atom is -0.506 e. The molecule has 0 aliphatic rings. The highest BCUT2D eigenvalue weighted by Crippen LogP contribution is 2.23. The molecule has 0 bridgehead atoms. The molecule has 0 spiro atoms. The molecule has 0 fully saturated rings. The van der Waals surface area contributed by atoms with Gasteiger partial charge in [-0.3, -0.25) is 0 Å². The van der Waals surface area contributed by atoms with Gasteiger partial charge in [0.1, 0.15) is 5.75 Å². The van der Waals surface area contributed by atoms with Crippen molar-refractivity contribution in [1.82, 2.24) is 15.0 Å². The van der Waals surface area contributed by atoms with Gasteiger partial charge in [0.05, 0.1) is 24.0 Å². The van der Waals surface area contributed by atoms with Gasteiger partial charge in [0.15, 0.2) is 0 Å². The Balaban J connectivity index is 2.22. The monoisotopic (exact) mass is 209 g/mol. The summed E-state index contributed by atoms with van der Waals surface area (Å²) in [5.41, 5.74) is 0.948. The van der Waals surface area contributed by atoms with E-state index < -0.39 is 0 Å². The quantitative estimate of drug-likeness (QED) is 0.819. The maximum atomic E-state index is 9.20. The molecular formula is C9H8ClN3O. The summed E-state index contributed by atoms with van der Waals surface area (Å²) in [5.74, 6) is 0.0869. The molecule has 0 radical (unpaired) electrons. The van der Waals surface area contributed by atoms with Crippen molar-refractivity contribution in [3.63, 3.8) is 0 Å². The van der Waals surface area contributed by atoms with E-state index in [0.29, 0.717) is 11.6 Å². The first-order valence-electron chi connectivity index (χ1n) is 4.07. The zero-order valence-corrected chi connectivity index (χ0v) is 8.02. The molecule has 1 N–H and O–H groups in total.